The van der Waals surface area contributed by atoms with Crippen LogP contribution in [0.15, 0.2) is 30.4 Å². The van der Waals surface area contributed by atoms with E-state index in [9.17, 15) is 10.1 Å². The molecule has 0 spiro atoms. The molecule has 1 aromatic carbocycles. The zero-order chi connectivity index (χ0) is 11.3. The van der Waals surface area contributed by atoms with E-state index in [1.54, 1.807) is 18.2 Å². The Labute approximate surface area is 87.3 Å². The Morgan fingerprint density at radius 1 is 1.60 bits per heavy atom. The molecule has 80 valence electrons. The number of nitrogens with zero attached hydrogens (tertiary/aromatic N) is 1. The van der Waals surface area contributed by atoms with E-state index >= 15 is 0 Å². The number of anilines is 1. The molecule has 5 nitrogen and oxygen atoms in total. The Morgan fingerprint density at radius 2 is 2.33 bits per heavy atom. The molecule has 5 heteroatoms. The molecule has 0 unspecified atom stereocenters. The summed E-state index contributed by atoms with van der Waals surface area (Å²) < 4.78 is 5.21. The van der Waals surface area contributed by atoms with Crippen molar-refractivity contribution in [2.75, 3.05) is 12.3 Å². The van der Waals surface area contributed by atoms with Gasteiger partial charge in [-0.05, 0) is 19.1 Å². The lowest BCUT2D eigenvalue weighted by Crippen LogP contribution is -2.01. The van der Waals surface area contributed by atoms with Gasteiger partial charge in [-0.1, -0.05) is 18.2 Å². The topological polar surface area (TPSA) is 78.4 Å². The molecule has 0 heterocycles. The molecular weight excluding hydrogens is 196 g/mol. The highest BCUT2D eigenvalue weighted by molar-refractivity contribution is 5.65. The number of rotatable bonds is 4. The van der Waals surface area contributed by atoms with Crippen LogP contribution in [0.1, 0.15) is 6.92 Å². The standard InChI is InChI=1S/C10H12N2O3/c1-2-3-7-15-9-6-4-5-8(11)10(9)12(13)14/h2-6H,7,11H2,1H3/b3-2+. The number of ether oxygens (including phenoxy) is 1. The second-order valence-electron chi connectivity index (χ2n) is 2.83. The summed E-state index contributed by atoms with van der Waals surface area (Å²) in [5.41, 5.74) is 5.42. The summed E-state index contributed by atoms with van der Waals surface area (Å²) in [7, 11) is 0. The SMILES string of the molecule is C/C=C/COc1cccc(N)c1[N+](=O)[O-]. The van der Waals surface area contributed by atoms with Gasteiger partial charge in [0.25, 0.3) is 0 Å². The normalized spacial score (nSPS) is 10.5. The van der Waals surface area contributed by atoms with Crippen molar-refractivity contribution in [2.24, 2.45) is 0 Å². The van der Waals surface area contributed by atoms with E-state index in [0.717, 1.165) is 0 Å². The largest absolute Gasteiger partial charge is 0.483 e. The first kappa shape index (κ1) is 11.0. The van der Waals surface area contributed by atoms with E-state index in [2.05, 4.69) is 0 Å². The molecule has 0 saturated heterocycles. The Kier molecular flexibility index (Phi) is 3.68. The van der Waals surface area contributed by atoms with E-state index in [1.807, 2.05) is 6.92 Å². The fourth-order valence-corrected chi connectivity index (χ4v) is 1.09. The van der Waals surface area contributed by atoms with Crippen LogP contribution in [0.4, 0.5) is 11.4 Å². The van der Waals surface area contributed by atoms with Gasteiger partial charge < -0.3 is 10.5 Å². The second kappa shape index (κ2) is 4.99. The highest BCUT2D eigenvalue weighted by Crippen LogP contribution is 2.32. The maximum absolute atomic E-state index is 10.7. The number of nitro benzene ring substituents is 1. The number of hydrogen-bond donors (Lipinski definition) is 1. The van der Waals surface area contributed by atoms with Gasteiger partial charge in [-0.15, -0.1) is 0 Å². The van der Waals surface area contributed by atoms with E-state index in [1.165, 1.54) is 12.1 Å². The van der Waals surface area contributed by atoms with Crippen LogP contribution < -0.4 is 10.5 Å². The number of nitro groups is 1. The zero-order valence-electron chi connectivity index (χ0n) is 8.34. The molecule has 0 aliphatic carbocycles. The summed E-state index contributed by atoms with van der Waals surface area (Å²) in [6.45, 7) is 2.14. The van der Waals surface area contributed by atoms with E-state index in [-0.39, 0.29) is 17.1 Å². The molecule has 0 aliphatic rings. The minimum absolute atomic E-state index is 0.109. The minimum Gasteiger partial charge on any atom is -0.483 e. The summed E-state index contributed by atoms with van der Waals surface area (Å²) in [4.78, 5) is 10.2. The van der Waals surface area contributed by atoms with Crippen molar-refractivity contribution in [1.29, 1.82) is 0 Å². The monoisotopic (exact) mass is 208 g/mol. The number of benzene rings is 1. The van der Waals surface area contributed by atoms with Gasteiger partial charge in [0, 0.05) is 0 Å². The third kappa shape index (κ3) is 2.70. The maximum atomic E-state index is 10.7. The summed E-state index contributed by atoms with van der Waals surface area (Å²) in [5.74, 6) is 0.193. The predicted octanol–water partition coefficient (Wildman–Crippen LogP) is 2.13. The molecule has 0 saturated carbocycles. The lowest BCUT2D eigenvalue weighted by Gasteiger charge is -2.05. The highest BCUT2D eigenvalue weighted by Gasteiger charge is 2.18. The fourth-order valence-electron chi connectivity index (χ4n) is 1.09. The molecular formula is C10H12N2O3. The van der Waals surface area contributed by atoms with E-state index in [4.69, 9.17) is 10.5 Å². The van der Waals surface area contributed by atoms with E-state index < -0.39 is 4.92 Å². The predicted molar refractivity (Wildman–Crippen MR) is 57.8 cm³/mol. The van der Waals surface area contributed by atoms with Gasteiger partial charge in [0.05, 0.1) is 4.92 Å². The highest BCUT2D eigenvalue weighted by atomic mass is 16.6. The van der Waals surface area contributed by atoms with Gasteiger partial charge in [-0.3, -0.25) is 10.1 Å². The molecule has 15 heavy (non-hydrogen) atoms. The van der Waals surface area contributed by atoms with Crippen LogP contribution in [0.3, 0.4) is 0 Å². The number of nitrogens with two attached hydrogens (primary N) is 1. The van der Waals surface area contributed by atoms with Crippen molar-refractivity contribution in [1.82, 2.24) is 0 Å². The Balaban J connectivity index is 2.95. The first-order valence-electron chi connectivity index (χ1n) is 4.43. The summed E-state index contributed by atoms with van der Waals surface area (Å²) in [6, 6.07) is 4.62. The average molecular weight is 208 g/mol. The zero-order valence-corrected chi connectivity index (χ0v) is 8.34. The molecule has 1 aromatic rings. The maximum Gasteiger partial charge on any atom is 0.333 e. The number of allylic oxidation sites excluding steroid dienone is 1. The number of nitrogen functional groups attached to an aromatic ring is 1. The third-order valence-electron chi connectivity index (χ3n) is 1.78. The van der Waals surface area contributed by atoms with Crippen molar-refractivity contribution < 1.29 is 9.66 Å². The van der Waals surface area contributed by atoms with Gasteiger partial charge in [0.2, 0.25) is 0 Å². The van der Waals surface area contributed by atoms with E-state index in [0.29, 0.717) is 6.61 Å². The number of hydrogen-bond acceptors (Lipinski definition) is 4. The second-order valence-corrected chi connectivity index (χ2v) is 2.83. The van der Waals surface area contributed by atoms with Crippen LogP contribution in [-0.2, 0) is 0 Å². The van der Waals surface area contributed by atoms with Crippen molar-refractivity contribution in [3.63, 3.8) is 0 Å². The molecule has 0 aliphatic heterocycles. The Morgan fingerprint density at radius 3 is 2.93 bits per heavy atom. The van der Waals surface area contributed by atoms with Gasteiger partial charge >= 0.3 is 5.69 Å². The van der Waals surface area contributed by atoms with Crippen LogP contribution in [-0.4, -0.2) is 11.5 Å². The van der Waals surface area contributed by atoms with Crippen LogP contribution in [0.2, 0.25) is 0 Å². The molecule has 0 aromatic heterocycles. The minimum atomic E-state index is -0.541. The fraction of sp³-hybridized carbons (Fsp3) is 0.200. The van der Waals surface area contributed by atoms with Gasteiger partial charge in [-0.2, -0.15) is 0 Å². The van der Waals surface area contributed by atoms with Crippen molar-refractivity contribution in [3.8, 4) is 5.75 Å². The van der Waals surface area contributed by atoms with Crippen LogP contribution in [0.25, 0.3) is 0 Å². The molecule has 0 amide bonds. The molecule has 0 radical (unpaired) electrons. The van der Waals surface area contributed by atoms with Gasteiger partial charge in [0.15, 0.2) is 5.75 Å². The molecule has 0 fully saturated rings. The lowest BCUT2D eigenvalue weighted by atomic mass is 10.2. The molecule has 2 N–H and O–H groups in total. The Hall–Kier alpha value is -2.04. The van der Waals surface area contributed by atoms with Crippen LogP contribution in [0.5, 0.6) is 5.75 Å². The van der Waals surface area contributed by atoms with Gasteiger partial charge in [0.1, 0.15) is 12.3 Å². The molecule has 1 rings (SSSR count). The van der Waals surface area contributed by atoms with Crippen LogP contribution in [0, 0.1) is 10.1 Å². The first-order valence-corrected chi connectivity index (χ1v) is 4.43. The lowest BCUT2D eigenvalue weighted by molar-refractivity contribution is -0.384. The van der Waals surface area contributed by atoms with Crippen LogP contribution >= 0.6 is 0 Å². The molecule has 0 atom stereocenters. The average Bonchev–Trinajstić information content (AvgIpc) is 2.17. The first-order chi connectivity index (χ1) is 7.16. The Bertz CT molecular complexity index is 388. The summed E-state index contributed by atoms with van der Waals surface area (Å²) in [5, 5.41) is 10.7. The smallest absolute Gasteiger partial charge is 0.333 e. The van der Waals surface area contributed by atoms with Crippen molar-refractivity contribution in [3.05, 3.63) is 40.5 Å². The summed E-state index contributed by atoms with van der Waals surface area (Å²) >= 11 is 0. The quantitative estimate of drug-likeness (QED) is 0.356. The van der Waals surface area contributed by atoms with Gasteiger partial charge in [-0.25, -0.2) is 0 Å². The van der Waals surface area contributed by atoms with Crippen molar-refractivity contribution in [2.45, 2.75) is 6.92 Å². The number of para-hydroxylation sites is 1. The molecule has 0 bridgehead atoms. The third-order valence-corrected chi connectivity index (χ3v) is 1.78. The summed E-state index contributed by atoms with van der Waals surface area (Å²) in [6.07, 6.45) is 3.56. The van der Waals surface area contributed by atoms with Crippen molar-refractivity contribution >= 4 is 11.4 Å².